The van der Waals surface area contributed by atoms with Gasteiger partial charge in [-0.3, -0.25) is 47.7 Å². The number of carboxylic acids is 2. The molecule has 0 aliphatic rings. The Morgan fingerprint density at radius 1 is 0.595 bits per heavy atom. The number of aromatic amines is 1. The Kier molecular flexibility index (Phi) is 24.2. The van der Waals surface area contributed by atoms with Gasteiger partial charge in [0.1, 0.15) is 36.0 Å². The van der Waals surface area contributed by atoms with Gasteiger partial charge in [0.25, 0.3) is 0 Å². The molecule has 0 aliphatic carbocycles. The molecule has 0 spiro atoms. The third-order valence-corrected chi connectivity index (χ3v) is 12.7. The summed E-state index contributed by atoms with van der Waals surface area (Å²) in [6, 6.07) is 14.6. The molecule has 0 radical (unpaired) electrons. The van der Waals surface area contributed by atoms with Crippen LogP contribution in [0.25, 0.3) is 10.9 Å². The van der Waals surface area contributed by atoms with Crippen molar-refractivity contribution in [1.29, 1.82) is 0 Å². The smallest absolute Gasteiger partial charge is 0.446 e. The molecule has 26 heteroatoms. The Bertz CT molecular complexity index is 2690. The van der Waals surface area contributed by atoms with Crippen LogP contribution in [0.15, 0.2) is 85.1 Å². The molecule has 0 saturated heterocycles. The van der Waals surface area contributed by atoms with Crippen LogP contribution < -0.4 is 41.4 Å². The van der Waals surface area contributed by atoms with E-state index in [1.807, 2.05) is 30.3 Å². The van der Waals surface area contributed by atoms with E-state index < -0.39 is 120 Å². The summed E-state index contributed by atoms with van der Waals surface area (Å²) in [4.78, 5) is 121. The first-order chi connectivity index (χ1) is 35.2. The van der Waals surface area contributed by atoms with Crippen LogP contribution in [0.3, 0.4) is 0 Å². The van der Waals surface area contributed by atoms with Crippen molar-refractivity contribution in [2.75, 3.05) is 37.1 Å². The van der Waals surface area contributed by atoms with E-state index in [2.05, 4.69) is 46.4 Å². The van der Waals surface area contributed by atoms with Crippen molar-refractivity contribution in [3.8, 4) is 5.75 Å². The standard InChI is InChI=1S/C48H60N8O15S3/c1-72-22-19-35(54-47(66)37(52-40(57)16-17-42(59)60)24-30-12-14-32(15-13-30)71-74(68,69)70)44(63)51-28-41(58)53-38(25-31-27-50-34-11-7-6-10-33(31)34)48(67)55-36(20-23-73-2)46(65)56-39(26-43(61)62)45(64)49-21-18-29-8-4-3-5-9-29/h3-15,27,35-39,50H,16-26,28H2,1-2H3,(H,49,64)(H,51,63)(H,52,57)(H,53,58)(H,54,66)(H,55,67)(H,56,65)(H,59,60)(H,61,62)(H,68,69,70)/t35-,36-,37-,38+,39-/m0/s1. The predicted molar refractivity (Wildman–Crippen MR) is 275 cm³/mol. The lowest BCUT2D eigenvalue weighted by molar-refractivity contribution is -0.141. The van der Waals surface area contributed by atoms with Crippen LogP contribution in [0.5, 0.6) is 5.75 Å². The van der Waals surface area contributed by atoms with E-state index >= 15 is 0 Å². The van der Waals surface area contributed by atoms with Gasteiger partial charge in [0, 0.05) is 42.9 Å². The molecule has 0 unspecified atom stereocenters. The van der Waals surface area contributed by atoms with E-state index in [-0.39, 0.29) is 38.0 Å². The molecular formula is C48H60N8O15S3. The Hall–Kier alpha value is -7.16. The Morgan fingerprint density at radius 3 is 1.76 bits per heavy atom. The zero-order valence-corrected chi connectivity index (χ0v) is 42.9. The van der Waals surface area contributed by atoms with Gasteiger partial charge in [-0.1, -0.05) is 60.7 Å². The Labute approximate surface area is 435 Å². The summed E-state index contributed by atoms with van der Waals surface area (Å²) in [7, 11) is -4.84. The van der Waals surface area contributed by atoms with Gasteiger partial charge in [0.15, 0.2) is 0 Å². The van der Waals surface area contributed by atoms with Crippen LogP contribution in [0.1, 0.15) is 48.8 Å². The van der Waals surface area contributed by atoms with Gasteiger partial charge in [-0.2, -0.15) is 31.9 Å². The predicted octanol–water partition coefficient (Wildman–Crippen LogP) is 0.880. The number of H-pyrrole nitrogens is 1. The summed E-state index contributed by atoms with van der Waals surface area (Å²) in [5.74, 6) is -7.94. The van der Waals surface area contributed by atoms with Crippen LogP contribution >= 0.6 is 23.5 Å². The summed E-state index contributed by atoms with van der Waals surface area (Å²) in [5.41, 5.74) is 2.62. The monoisotopic (exact) mass is 1080 g/mol. The SMILES string of the molecule is CSCC[C@H](NC(=O)[C@H](Cc1ccc(OS(=O)(=O)O)cc1)NC(=O)CCC(=O)O)C(=O)NCC(=O)N[C@H](Cc1c[nH]c2ccccc12)C(=O)N[C@@H](CCSC)C(=O)N[C@@H](CC(=O)O)C(=O)NCCc1ccccc1. The second-order valence-corrected chi connectivity index (χ2v) is 19.6. The molecule has 0 bridgehead atoms. The fraction of sp³-hybridized carbons (Fsp3) is 0.396. The number of carbonyl (C=O) groups excluding carboxylic acids is 7. The number of hydrogen-bond donors (Lipinski definition) is 11. The molecule has 11 N–H and O–H groups in total. The average molecular weight is 1090 g/mol. The second kappa shape index (κ2) is 30.1. The Morgan fingerprint density at radius 2 is 1.15 bits per heavy atom. The van der Waals surface area contributed by atoms with Crippen LogP contribution in [-0.4, -0.2) is 149 Å². The fourth-order valence-electron chi connectivity index (χ4n) is 7.31. The van der Waals surface area contributed by atoms with E-state index in [0.717, 1.165) is 16.5 Å². The number of thioether (sulfide) groups is 2. The minimum atomic E-state index is -4.84. The van der Waals surface area contributed by atoms with Crippen molar-refractivity contribution in [3.63, 3.8) is 0 Å². The minimum Gasteiger partial charge on any atom is -0.481 e. The molecule has 23 nitrogen and oxygen atoms in total. The first-order valence-electron chi connectivity index (χ1n) is 23.1. The highest BCUT2D eigenvalue weighted by molar-refractivity contribution is 7.98. The van der Waals surface area contributed by atoms with Gasteiger partial charge in [0.05, 0.1) is 19.4 Å². The van der Waals surface area contributed by atoms with Crippen LogP contribution in [-0.2, 0) is 72.8 Å². The number of fused-ring (bicyclic) bond motifs is 1. The van der Waals surface area contributed by atoms with Gasteiger partial charge >= 0.3 is 22.3 Å². The molecule has 5 atom stereocenters. The molecule has 74 heavy (non-hydrogen) atoms. The number of rotatable bonds is 32. The number of benzene rings is 3. The van der Waals surface area contributed by atoms with Crippen molar-refractivity contribution in [1.82, 2.24) is 42.2 Å². The van der Waals surface area contributed by atoms with Gasteiger partial charge < -0.3 is 56.6 Å². The third kappa shape index (κ3) is 21.1. The molecule has 0 saturated carbocycles. The lowest BCUT2D eigenvalue weighted by Crippen LogP contribution is -2.58. The van der Waals surface area contributed by atoms with Crippen molar-refractivity contribution >= 4 is 98.1 Å². The van der Waals surface area contributed by atoms with E-state index in [0.29, 0.717) is 29.1 Å². The molecule has 400 valence electrons. The van der Waals surface area contributed by atoms with Gasteiger partial charge in [-0.25, -0.2) is 0 Å². The van der Waals surface area contributed by atoms with Crippen molar-refractivity contribution < 1.29 is 70.5 Å². The van der Waals surface area contributed by atoms with Crippen molar-refractivity contribution in [2.24, 2.45) is 0 Å². The first kappa shape index (κ1) is 59.4. The zero-order chi connectivity index (χ0) is 54.2. The molecule has 1 aromatic heterocycles. The number of amides is 7. The van der Waals surface area contributed by atoms with Gasteiger partial charge in [-0.05, 0) is 78.2 Å². The minimum absolute atomic E-state index is 0.0372. The molecule has 7 amide bonds. The van der Waals surface area contributed by atoms with Crippen LogP contribution in [0.2, 0.25) is 0 Å². The molecule has 3 aromatic carbocycles. The molecular weight excluding hydrogens is 1020 g/mol. The topological polar surface area (TPSA) is 358 Å². The highest BCUT2D eigenvalue weighted by Crippen LogP contribution is 2.20. The normalized spacial score (nSPS) is 13.2. The summed E-state index contributed by atoms with van der Waals surface area (Å²) < 4.78 is 35.7. The average Bonchev–Trinajstić information content (AvgIpc) is 3.76. The molecule has 4 rings (SSSR count). The number of carbonyl (C=O) groups is 9. The quantitative estimate of drug-likeness (QED) is 0.0302. The molecule has 4 aromatic rings. The Balaban J connectivity index is 1.50. The van der Waals surface area contributed by atoms with E-state index in [9.17, 15) is 56.7 Å². The number of hydrogen-bond acceptors (Lipinski definition) is 14. The molecule has 0 aliphatic heterocycles. The highest BCUT2D eigenvalue weighted by atomic mass is 32.3. The van der Waals surface area contributed by atoms with Crippen molar-refractivity contribution in [3.05, 3.63) is 102 Å². The maximum Gasteiger partial charge on any atom is 0.446 e. The number of para-hydroxylation sites is 1. The van der Waals surface area contributed by atoms with Crippen LogP contribution in [0.4, 0.5) is 0 Å². The molecule has 1 heterocycles. The summed E-state index contributed by atoms with van der Waals surface area (Å²) in [6.07, 6.45) is 3.56. The number of aromatic nitrogens is 1. The summed E-state index contributed by atoms with van der Waals surface area (Å²) in [5, 5.41) is 37.4. The zero-order valence-electron chi connectivity index (χ0n) is 40.4. The lowest BCUT2D eigenvalue weighted by Gasteiger charge is -2.25. The maximum atomic E-state index is 14.3. The van der Waals surface area contributed by atoms with Gasteiger partial charge in [-0.15, -0.1) is 0 Å². The fourth-order valence-corrected chi connectivity index (χ4v) is 8.61. The van der Waals surface area contributed by atoms with Crippen molar-refractivity contribution in [2.45, 2.75) is 81.6 Å². The number of aliphatic carboxylic acids is 2. The second-order valence-electron chi connectivity index (χ2n) is 16.6. The lowest BCUT2D eigenvalue weighted by atomic mass is 10.0. The van der Waals surface area contributed by atoms with E-state index in [4.69, 9.17) is 9.66 Å². The largest absolute Gasteiger partial charge is 0.481 e. The highest BCUT2D eigenvalue weighted by Gasteiger charge is 2.32. The molecule has 0 fully saturated rings. The number of carboxylic acid groups (broad SMARTS) is 2. The summed E-state index contributed by atoms with van der Waals surface area (Å²) >= 11 is 2.70. The van der Waals surface area contributed by atoms with Gasteiger partial charge in [0.2, 0.25) is 41.4 Å². The van der Waals surface area contributed by atoms with E-state index in [1.165, 1.54) is 47.8 Å². The summed E-state index contributed by atoms with van der Waals surface area (Å²) in [6.45, 7) is -0.552. The maximum absolute atomic E-state index is 14.3. The first-order valence-corrected chi connectivity index (χ1v) is 27.2. The third-order valence-electron chi connectivity index (χ3n) is 11.0. The van der Waals surface area contributed by atoms with Crippen LogP contribution in [0, 0.1) is 0 Å². The number of nitrogens with one attached hydrogen (secondary N) is 8. The van der Waals surface area contributed by atoms with E-state index in [1.54, 1.807) is 43.0 Å².